The zero-order valence-electron chi connectivity index (χ0n) is 19.2. The fraction of sp³-hybridized carbons (Fsp3) is 0.423. The van der Waals surface area contributed by atoms with Gasteiger partial charge in [0.15, 0.2) is 11.6 Å². The lowest BCUT2D eigenvalue weighted by Crippen LogP contribution is -2.43. The smallest absolute Gasteiger partial charge is 0.320 e. The van der Waals surface area contributed by atoms with Crippen molar-refractivity contribution < 1.29 is 24.2 Å². The van der Waals surface area contributed by atoms with Crippen molar-refractivity contribution in [1.82, 2.24) is 5.32 Å². The highest BCUT2D eigenvalue weighted by molar-refractivity contribution is 5.99. The lowest BCUT2D eigenvalue weighted by molar-refractivity contribution is -0.139. The van der Waals surface area contributed by atoms with Crippen molar-refractivity contribution in [1.29, 1.82) is 0 Å². The van der Waals surface area contributed by atoms with Crippen molar-refractivity contribution >= 4 is 17.5 Å². The third-order valence-electron chi connectivity index (χ3n) is 6.16. The van der Waals surface area contributed by atoms with Crippen LogP contribution in [0.25, 0.3) is 0 Å². The number of ketones is 2. The number of aryl methyl sites for hydroxylation is 1. The second-order valence-corrected chi connectivity index (χ2v) is 8.74. The molecule has 1 fully saturated rings. The molecule has 0 radical (unpaired) electrons. The third-order valence-corrected chi connectivity index (χ3v) is 6.16. The fourth-order valence-corrected chi connectivity index (χ4v) is 4.15. The van der Waals surface area contributed by atoms with Gasteiger partial charge in [-0.1, -0.05) is 54.6 Å². The lowest BCUT2D eigenvalue weighted by Gasteiger charge is -2.23. The Morgan fingerprint density at radius 2 is 1.71 bits per heavy atom. The highest BCUT2D eigenvalue weighted by atomic mass is 16.5. The highest BCUT2D eigenvalue weighted by Gasteiger charge is 2.29. The summed E-state index contributed by atoms with van der Waals surface area (Å²) < 4.78 is 5.52. The first-order valence-corrected chi connectivity index (χ1v) is 11.6. The number of Topliss-reactive ketones (excluding diaryl/α,β-unsaturated/α-hetero) is 2. The number of carboxylic acids is 1. The minimum atomic E-state index is -1.14. The van der Waals surface area contributed by atoms with Crippen LogP contribution >= 0.6 is 0 Å². The van der Waals surface area contributed by atoms with Crippen LogP contribution in [0.15, 0.2) is 54.6 Å². The van der Waals surface area contributed by atoms with E-state index >= 15 is 0 Å². The Morgan fingerprint density at radius 1 is 1.00 bits per heavy atom. The molecule has 0 aromatic heterocycles. The summed E-state index contributed by atoms with van der Waals surface area (Å²) in [7, 11) is 0. The molecule has 0 spiro atoms. The van der Waals surface area contributed by atoms with Gasteiger partial charge in [-0.3, -0.25) is 14.4 Å². The number of ether oxygens (including phenoxy) is 1. The molecule has 2 aromatic carbocycles. The summed E-state index contributed by atoms with van der Waals surface area (Å²) in [5, 5.41) is 12.4. The van der Waals surface area contributed by atoms with Crippen LogP contribution in [0.2, 0.25) is 0 Å². The molecule has 6 N–H and O–H groups in total. The number of aliphatic carboxylic acids is 1. The van der Waals surface area contributed by atoms with E-state index in [1.54, 1.807) is 24.3 Å². The zero-order valence-corrected chi connectivity index (χ0v) is 19.2. The van der Waals surface area contributed by atoms with Crippen molar-refractivity contribution in [2.45, 2.75) is 43.9 Å². The first kappa shape index (κ1) is 25.7. The molecule has 8 heteroatoms. The van der Waals surface area contributed by atoms with Gasteiger partial charge in [0.2, 0.25) is 0 Å². The van der Waals surface area contributed by atoms with Crippen molar-refractivity contribution in [3.63, 3.8) is 0 Å². The van der Waals surface area contributed by atoms with Gasteiger partial charge in [-0.05, 0) is 36.8 Å². The molecule has 1 saturated heterocycles. The standard InChI is InChI=1S/C26H33N3O5/c27-21(14-18-7-9-19(10-8-18)25(31)23-16-29-12-13-34-23)24(30)20(15-22(28)26(32)33)11-6-17-4-2-1-3-5-17/h1-5,7-10,20-23,29H,6,11-16,27-28H2,(H,32,33). The Morgan fingerprint density at radius 3 is 2.32 bits per heavy atom. The average Bonchev–Trinajstić information content (AvgIpc) is 2.87. The number of carbonyl (C=O) groups is 3. The summed E-state index contributed by atoms with van der Waals surface area (Å²) in [4.78, 5) is 37.0. The predicted molar refractivity (Wildman–Crippen MR) is 129 cm³/mol. The van der Waals surface area contributed by atoms with Crippen LogP contribution < -0.4 is 16.8 Å². The fourth-order valence-electron chi connectivity index (χ4n) is 4.15. The number of benzene rings is 2. The quantitative estimate of drug-likeness (QED) is 0.342. The summed E-state index contributed by atoms with van der Waals surface area (Å²) in [6, 6.07) is 14.8. The van der Waals surface area contributed by atoms with Crippen LogP contribution in [0.1, 0.15) is 34.3 Å². The predicted octanol–water partition coefficient (Wildman–Crippen LogP) is 1.35. The number of hydrogen-bond acceptors (Lipinski definition) is 7. The van der Waals surface area contributed by atoms with Crippen LogP contribution in [0.5, 0.6) is 0 Å². The van der Waals surface area contributed by atoms with Gasteiger partial charge in [0, 0.05) is 24.6 Å². The van der Waals surface area contributed by atoms with E-state index in [1.807, 2.05) is 30.3 Å². The molecule has 3 rings (SSSR count). The molecule has 1 aliphatic rings. The third kappa shape index (κ3) is 7.30. The molecule has 1 aliphatic heterocycles. The molecule has 8 nitrogen and oxygen atoms in total. The van der Waals surface area contributed by atoms with Crippen LogP contribution in [0.3, 0.4) is 0 Å². The van der Waals surface area contributed by atoms with Crippen molar-refractivity contribution in [2.75, 3.05) is 19.7 Å². The minimum absolute atomic E-state index is 0.0392. The molecule has 0 bridgehead atoms. The number of carboxylic acid groups (broad SMARTS) is 1. The Balaban J connectivity index is 1.62. The number of morpholine rings is 1. The van der Waals surface area contributed by atoms with Crippen LogP contribution in [-0.2, 0) is 27.2 Å². The number of nitrogens with one attached hydrogen (secondary N) is 1. The summed E-state index contributed by atoms with van der Waals surface area (Å²) >= 11 is 0. The van der Waals surface area contributed by atoms with Gasteiger partial charge in [-0.2, -0.15) is 0 Å². The van der Waals surface area contributed by atoms with E-state index < -0.39 is 30.1 Å². The largest absolute Gasteiger partial charge is 0.480 e. The second-order valence-electron chi connectivity index (χ2n) is 8.74. The summed E-state index contributed by atoms with van der Waals surface area (Å²) in [6.45, 7) is 1.73. The average molecular weight is 468 g/mol. The van der Waals surface area contributed by atoms with Gasteiger partial charge in [-0.15, -0.1) is 0 Å². The Bertz CT molecular complexity index is 958. The van der Waals surface area contributed by atoms with Crippen LogP contribution in [0, 0.1) is 5.92 Å². The maximum Gasteiger partial charge on any atom is 0.320 e. The maximum atomic E-state index is 13.2. The monoisotopic (exact) mass is 467 g/mol. The summed E-state index contributed by atoms with van der Waals surface area (Å²) in [5.41, 5.74) is 14.4. The molecule has 0 saturated carbocycles. The molecular formula is C26H33N3O5. The first-order chi connectivity index (χ1) is 16.3. The first-order valence-electron chi connectivity index (χ1n) is 11.6. The number of rotatable bonds is 12. The van der Waals surface area contributed by atoms with E-state index in [4.69, 9.17) is 16.2 Å². The number of carbonyl (C=O) groups excluding carboxylic acids is 2. The van der Waals surface area contributed by atoms with Crippen LogP contribution in [0.4, 0.5) is 0 Å². The van der Waals surface area contributed by atoms with Gasteiger partial charge >= 0.3 is 5.97 Å². The Kier molecular flexibility index (Phi) is 9.47. The molecule has 0 aliphatic carbocycles. The van der Waals surface area contributed by atoms with E-state index in [9.17, 15) is 19.5 Å². The van der Waals surface area contributed by atoms with Crippen molar-refractivity contribution in [3.8, 4) is 0 Å². The van der Waals surface area contributed by atoms with Gasteiger partial charge in [0.05, 0.1) is 12.6 Å². The molecule has 182 valence electrons. The second kappa shape index (κ2) is 12.5. The minimum Gasteiger partial charge on any atom is -0.480 e. The normalized spacial score (nSPS) is 18.6. The van der Waals surface area contributed by atoms with Crippen molar-refractivity contribution in [3.05, 3.63) is 71.3 Å². The van der Waals surface area contributed by atoms with E-state index in [2.05, 4.69) is 5.32 Å². The molecule has 1 heterocycles. The van der Waals surface area contributed by atoms with Gasteiger partial charge < -0.3 is 26.6 Å². The number of hydrogen-bond donors (Lipinski definition) is 4. The van der Waals surface area contributed by atoms with E-state index in [0.717, 1.165) is 17.7 Å². The van der Waals surface area contributed by atoms with Gasteiger partial charge in [-0.25, -0.2) is 0 Å². The van der Waals surface area contributed by atoms with Crippen molar-refractivity contribution in [2.24, 2.45) is 17.4 Å². The molecule has 4 atom stereocenters. The van der Waals surface area contributed by atoms with Gasteiger partial charge in [0.25, 0.3) is 0 Å². The van der Waals surface area contributed by atoms with E-state index in [-0.39, 0.29) is 18.0 Å². The molecule has 2 aromatic rings. The van der Waals surface area contributed by atoms with E-state index in [0.29, 0.717) is 38.0 Å². The number of nitrogens with two attached hydrogens (primary N) is 2. The Hall–Kier alpha value is -2.91. The molecular weight excluding hydrogens is 434 g/mol. The molecule has 34 heavy (non-hydrogen) atoms. The summed E-state index contributed by atoms with van der Waals surface area (Å²) in [6.07, 6.45) is 0.939. The highest BCUT2D eigenvalue weighted by Crippen LogP contribution is 2.19. The molecule has 0 amide bonds. The zero-order chi connectivity index (χ0) is 24.5. The van der Waals surface area contributed by atoms with Gasteiger partial charge in [0.1, 0.15) is 12.1 Å². The van der Waals surface area contributed by atoms with Crippen LogP contribution in [-0.4, -0.2) is 60.5 Å². The maximum absolute atomic E-state index is 13.2. The molecule has 4 unspecified atom stereocenters. The van der Waals surface area contributed by atoms with E-state index in [1.165, 1.54) is 0 Å². The SMILES string of the molecule is NC(CC(CCc1ccccc1)C(=O)C(N)Cc1ccc(C(=O)C2CNCCO2)cc1)C(=O)O. The lowest BCUT2D eigenvalue weighted by atomic mass is 9.85. The Labute approximate surface area is 199 Å². The topological polar surface area (TPSA) is 145 Å². The summed E-state index contributed by atoms with van der Waals surface area (Å²) in [5.74, 6) is -1.97.